The van der Waals surface area contributed by atoms with E-state index in [-0.39, 0.29) is 24.5 Å². The molecule has 0 amide bonds. The van der Waals surface area contributed by atoms with Crippen LogP contribution in [0.3, 0.4) is 0 Å². The molecule has 24 heavy (non-hydrogen) atoms. The van der Waals surface area contributed by atoms with Crippen LogP contribution in [0.2, 0.25) is 0 Å². The van der Waals surface area contributed by atoms with Gasteiger partial charge in [-0.2, -0.15) is 18.1 Å². The quantitative estimate of drug-likeness (QED) is 0.369. The lowest BCUT2D eigenvalue weighted by atomic mass is 9.81. The van der Waals surface area contributed by atoms with Gasteiger partial charge in [-0.25, -0.2) is 9.72 Å². The van der Waals surface area contributed by atoms with Crippen LogP contribution in [0.5, 0.6) is 0 Å². The van der Waals surface area contributed by atoms with Gasteiger partial charge in [-0.1, -0.05) is 18.2 Å². The van der Waals surface area contributed by atoms with E-state index in [1.165, 1.54) is 6.08 Å². The summed E-state index contributed by atoms with van der Waals surface area (Å²) < 4.78 is 40.3. The maximum Gasteiger partial charge on any atom is 0.395 e. The van der Waals surface area contributed by atoms with Gasteiger partial charge in [-0.3, -0.25) is 0 Å². The first-order valence-electron chi connectivity index (χ1n) is 7.84. The molecule has 1 aromatic rings. The zero-order valence-electron chi connectivity index (χ0n) is 12.8. The van der Waals surface area contributed by atoms with Crippen molar-refractivity contribution in [3.8, 4) is 0 Å². The van der Waals surface area contributed by atoms with Crippen molar-refractivity contribution in [1.29, 1.82) is 0 Å². The van der Waals surface area contributed by atoms with Gasteiger partial charge >= 0.3 is 12.0 Å². The number of fused-ring (bicyclic) bond motifs is 1. The molecule has 3 heterocycles. The summed E-state index contributed by atoms with van der Waals surface area (Å²) in [5.74, 6) is -1.24. The Hall–Kier alpha value is -2.31. The van der Waals surface area contributed by atoms with E-state index in [0.29, 0.717) is 23.5 Å². The van der Waals surface area contributed by atoms with E-state index in [9.17, 15) is 18.4 Å². The third-order valence-corrected chi connectivity index (χ3v) is 4.97. The summed E-state index contributed by atoms with van der Waals surface area (Å²) in [6, 6.07) is 4.99. The Morgan fingerprint density at radius 1 is 1.38 bits per heavy atom. The lowest BCUT2D eigenvalue weighted by molar-refractivity contribution is -0.514. The third kappa shape index (κ3) is 2.22. The Balaban J connectivity index is 1.59. The molecule has 4 atom stereocenters. The molecule has 0 N–H and O–H groups in total. The number of alkyl halides is 3. The lowest BCUT2D eigenvalue weighted by Crippen LogP contribution is -2.39. The zero-order valence-corrected chi connectivity index (χ0v) is 12.8. The molecule has 7 heteroatoms. The Morgan fingerprint density at radius 3 is 2.79 bits per heavy atom. The molecule has 0 bridgehead atoms. The average Bonchev–Trinajstić information content (AvgIpc) is 3.23. The number of pyridine rings is 1. The second-order valence-corrected chi connectivity index (χ2v) is 6.46. The highest BCUT2D eigenvalue weighted by Gasteiger charge is 2.71. The van der Waals surface area contributed by atoms with Gasteiger partial charge in [0.05, 0.1) is 5.92 Å². The summed E-state index contributed by atoms with van der Waals surface area (Å²) in [6.07, 6.45) is 0.404. The van der Waals surface area contributed by atoms with Gasteiger partial charge in [0.1, 0.15) is 0 Å². The zero-order chi connectivity index (χ0) is 17.1. The number of hydrogen-bond donors (Lipinski definition) is 0. The monoisotopic (exact) mass is 335 g/mol. The van der Waals surface area contributed by atoms with E-state index in [4.69, 9.17) is 0 Å². The minimum absolute atomic E-state index is 0.0335. The van der Waals surface area contributed by atoms with Crippen molar-refractivity contribution < 1.29 is 17.9 Å². The number of nitrogens with zero attached hydrogens (tertiary/aromatic N) is 3. The largest absolute Gasteiger partial charge is 0.712 e. The molecule has 1 saturated heterocycles. The van der Waals surface area contributed by atoms with E-state index in [0.717, 1.165) is 4.74 Å². The van der Waals surface area contributed by atoms with Gasteiger partial charge in [0, 0.05) is 6.20 Å². The second-order valence-electron chi connectivity index (χ2n) is 6.46. The second kappa shape index (κ2) is 5.09. The number of rotatable bonds is 3. The summed E-state index contributed by atoms with van der Waals surface area (Å²) in [6.45, 7) is 3.65. The van der Waals surface area contributed by atoms with Crippen molar-refractivity contribution >= 4 is 5.84 Å². The van der Waals surface area contributed by atoms with Crippen LogP contribution in [0.25, 0.3) is 0 Å². The highest BCUT2D eigenvalue weighted by atomic mass is 19.4. The fraction of sp³-hybridized carbons (Fsp3) is 0.412. The molecule has 0 saturated carbocycles. The van der Waals surface area contributed by atoms with Crippen molar-refractivity contribution in [2.45, 2.75) is 31.2 Å². The molecule has 1 aliphatic carbocycles. The maximum absolute atomic E-state index is 13.2. The molecular formula is C17H16F3N3O. The Labute approximate surface area is 137 Å². The molecule has 4 unspecified atom stereocenters. The van der Waals surface area contributed by atoms with Crippen LogP contribution in [0, 0.1) is 17.0 Å². The predicted molar refractivity (Wildman–Crippen MR) is 81.9 cm³/mol. The van der Waals surface area contributed by atoms with Crippen molar-refractivity contribution in [1.82, 2.24) is 9.88 Å². The fourth-order valence-corrected chi connectivity index (χ4v) is 3.74. The van der Waals surface area contributed by atoms with Crippen LogP contribution in [0.4, 0.5) is 13.2 Å². The van der Waals surface area contributed by atoms with E-state index < -0.39 is 12.1 Å². The molecule has 1 aromatic heterocycles. The molecule has 0 radical (unpaired) electrons. The van der Waals surface area contributed by atoms with Crippen LogP contribution in [0.1, 0.15) is 18.5 Å². The summed E-state index contributed by atoms with van der Waals surface area (Å²) in [5, 5.41) is 12.2. The van der Waals surface area contributed by atoms with Gasteiger partial charge in [-0.05, 0) is 36.5 Å². The van der Waals surface area contributed by atoms with Crippen molar-refractivity contribution in [2.75, 3.05) is 0 Å². The molecule has 0 spiro atoms. The van der Waals surface area contributed by atoms with Crippen LogP contribution in [0.15, 0.2) is 48.7 Å². The third-order valence-electron chi connectivity index (χ3n) is 4.97. The van der Waals surface area contributed by atoms with Crippen LogP contribution < -0.4 is 0 Å². The summed E-state index contributed by atoms with van der Waals surface area (Å²) in [4.78, 5) is 6.00. The highest BCUT2D eigenvalue weighted by Crippen LogP contribution is 2.49. The number of halogens is 3. The van der Waals surface area contributed by atoms with Gasteiger partial charge in [0.2, 0.25) is 6.04 Å². The SMILES string of the molecule is C=CC1CC(C2C3N2C(c2ccccn2)=[N+]3[O-])=CC(C(F)(F)F)C1. The molecule has 126 valence electrons. The normalized spacial score (nSPS) is 32.0. The van der Waals surface area contributed by atoms with E-state index in [2.05, 4.69) is 11.6 Å². The molecular weight excluding hydrogens is 319 g/mol. The number of allylic oxidation sites excluding steroid dienone is 2. The maximum atomic E-state index is 13.2. The number of hydroxylamine groups is 1. The van der Waals surface area contributed by atoms with E-state index >= 15 is 0 Å². The minimum Gasteiger partial charge on any atom is -0.712 e. The van der Waals surface area contributed by atoms with Gasteiger partial charge in [-0.15, -0.1) is 6.58 Å². The summed E-state index contributed by atoms with van der Waals surface area (Å²) in [7, 11) is 0. The summed E-state index contributed by atoms with van der Waals surface area (Å²) >= 11 is 0. The summed E-state index contributed by atoms with van der Waals surface area (Å²) in [5.41, 5.74) is 1.24. The Morgan fingerprint density at radius 2 is 2.17 bits per heavy atom. The standard InChI is InChI=1S/C17H16F3N3O/c1-2-10-7-11(9-12(8-10)17(18,19)20)14-16-22(14)15(23(16)24)13-5-3-4-6-21-13/h2-6,9-10,12,14,16H,1,7-8H2. The number of amidine groups is 1. The topological polar surface area (TPSA) is 42.0 Å². The van der Waals surface area contributed by atoms with Crippen molar-refractivity contribution in [2.24, 2.45) is 11.8 Å². The molecule has 0 aromatic carbocycles. The minimum atomic E-state index is -4.26. The van der Waals surface area contributed by atoms with Crippen LogP contribution in [-0.2, 0) is 0 Å². The smallest absolute Gasteiger partial charge is 0.395 e. The first-order chi connectivity index (χ1) is 11.4. The molecule has 4 nitrogen and oxygen atoms in total. The van der Waals surface area contributed by atoms with Gasteiger partial charge < -0.3 is 5.21 Å². The molecule has 2 aliphatic heterocycles. The lowest BCUT2D eigenvalue weighted by Gasteiger charge is -2.27. The predicted octanol–water partition coefficient (Wildman–Crippen LogP) is 3.06. The number of hydrogen-bond acceptors (Lipinski definition) is 3. The fourth-order valence-electron chi connectivity index (χ4n) is 3.74. The molecule has 1 fully saturated rings. The van der Waals surface area contributed by atoms with Gasteiger partial charge in [0.25, 0.3) is 6.17 Å². The number of aromatic nitrogens is 1. The Kier molecular flexibility index (Phi) is 3.23. The van der Waals surface area contributed by atoms with Crippen LogP contribution >= 0.6 is 0 Å². The molecule has 4 rings (SSSR count). The van der Waals surface area contributed by atoms with E-state index in [1.54, 1.807) is 30.5 Å². The first kappa shape index (κ1) is 15.2. The van der Waals surface area contributed by atoms with Gasteiger partial charge in [0.15, 0.2) is 5.69 Å². The van der Waals surface area contributed by atoms with Crippen molar-refractivity contribution in [3.63, 3.8) is 0 Å². The highest BCUT2D eigenvalue weighted by molar-refractivity contribution is 5.98. The van der Waals surface area contributed by atoms with Crippen molar-refractivity contribution in [3.05, 3.63) is 59.6 Å². The first-order valence-corrected chi connectivity index (χ1v) is 7.84. The van der Waals surface area contributed by atoms with Crippen LogP contribution in [-0.4, -0.2) is 38.8 Å². The average molecular weight is 335 g/mol. The molecule has 3 aliphatic rings. The van der Waals surface area contributed by atoms with E-state index in [1.807, 2.05) is 4.90 Å². The Bertz CT molecular complexity index is 741.